The Morgan fingerprint density at radius 3 is 2.52 bits per heavy atom. The fraction of sp³-hybridized carbons (Fsp3) is 0.550. The van der Waals surface area contributed by atoms with Crippen molar-refractivity contribution < 1.29 is 9.59 Å². The smallest absolute Gasteiger partial charge is 0.324 e. The highest BCUT2D eigenvalue weighted by atomic mass is 16.2. The second kappa shape index (κ2) is 7.21. The third-order valence-electron chi connectivity index (χ3n) is 5.55. The number of amides is 3. The maximum absolute atomic E-state index is 13.0. The van der Waals surface area contributed by atoms with Crippen LogP contribution in [0.5, 0.6) is 0 Å². The van der Waals surface area contributed by atoms with E-state index >= 15 is 0 Å². The van der Waals surface area contributed by atoms with E-state index in [1.807, 2.05) is 43.0 Å². The number of hydrogen-bond donors (Lipinski definition) is 1. The molecule has 1 N–H and O–H groups in total. The minimum atomic E-state index is -0.506. The van der Waals surface area contributed by atoms with Gasteiger partial charge in [-0.05, 0) is 37.3 Å². The lowest BCUT2D eigenvalue weighted by atomic mass is 10.0. The summed E-state index contributed by atoms with van der Waals surface area (Å²) < 4.78 is 2.06. The van der Waals surface area contributed by atoms with E-state index in [0.717, 1.165) is 43.5 Å². The number of hydrogen-bond acceptors (Lipinski definition) is 3. The Labute approximate surface area is 159 Å². The van der Waals surface area contributed by atoms with Crippen LogP contribution >= 0.6 is 0 Å². The number of aromatic nitrogens is 2. The molecule has 27 heavy (non-hydrogen) atoms. The van der Waals surface area contributed by atoms with Gasteiger partial charge in [0.2, 0.25) is 11.9 Å². The number of urea groups is 1. The monoisotopic (exact) mass is 369 g/mol. The number of piperidine rings is 1. The fourth-order valence-corrected chi connectivity index (χ4v) is 4.02. The molecule has 3 amide bonds. The molecule has 2 aromatic rings. The van der Waals surface area contributed by atoms with Crippen LogP contribution in [0.3, 0.4) is 0 Å². The summed E-state index contributed by atoms with van der Waals surface area (Å²) in [4.78, 5) is 34.1. The molecule has 7 nitrogen and oxygen atoms in total. The number of imidazole rings is 1. The Hall–Kier alpha value is -2.57. The average molecular weight is 369 g/mol. The van der Waals surface area contributed by atoms with E-state index in [4.69, 9.17) is 0 Å². The Kier molecular flexibility index (Phi) is 4.76. The Morgan fingerprint density at radius 2 is 1.78 bits per heavy atom. The van der Waals surface area contributed by atoms with Crippen LogP contribution in [0.4, 0.5) is 10.7 Å². The predicted octanol–water partition coefficient (Wildman–Crippen LogP) is 2.60. The van der Waals surface area contributed by atoms with Gasteiger partial charge >= 0.3 is 6.03 Å². The third kappa shape index (κ3) is 3.26. The van der Waals surface area contributed by atoms with E-state index in [9.17, 15) is 9.59 Å². The Balaban J connectivity index is 1.52. The summed E-state index contributed by atoms with van der Waals surface area (Å²) in [6.07, 6.45) is 3.26. The molecule has 2 aliphatic heterocycles. The van der Waals surface area contributed by atoms with Crippen LogP contribution in [0.2, 0.25) is 0 Å². The van der Waals surface area contributed by atoms with Gasteiger partial charge in [0.05, 0.1) is 11.0 Å². The molecule has 2 aliphatic rings. The molecule has 0 spiro atoms. The number of benzene rings is 1. The van der Waals surface area contributed by atoms with Gasteiger partial charge in [-0.25, -0.2) is 9.78 Å². The quantitative estimate of drug-likeness (QED) is 0.904. The van der Waals surface area contributed by atoms with E-state index in [1.54, 1.807) is 4.90 Å². The highest BCUT2D eigenvalue weighted by Crippen LogP contribution is 2.27. The van der Waals surface area contributed by atoms with Gasteiger partial charge in [-0.15, -0.1) is 0 Å². The molecule has 0 aliphatic carbocycles. The van der Waals surface area contributed by atoms with Gasteiger partial charge in [-0.2, -0.15) is 0 Å². The summed E-state index contributed by atoms with van der Waals surface area (Å²) >= 11 is 0. The molecule has 1 aromatic carbocycles. The van der Waals surface area contributed by atoms with Crippen LogP contribution in [0.15, 0.2) is 24.3 Å². The maximum Gasteiger partial charge on any atom is 0.324 e. The number of likely N-dealkylation sites (tertiary alicyclic amines) is 1. The third-order valence-corrected chi connectivity index (χ3v) is 5.55. The number of fused-ring (bicyclic) bond motifs is 3. The molecule has 1 saturated heterocycles. The zero-order valence-electron chi connectivity index (χ0n) is 16.0. The molecule has 0 bridgehead atoms. The van der Waals surface area contributed by atoms with E-state index in [1.165, 1.54) is 6.42 Å². The van der Waals surface area contributed by atoms with E-state index in [-0.39, 0.29) is 17.9 Å². The molecule has 1 aromatic heterocycles. The second-order valence-corrected chi connectivity index (χ2v) is 7.76. The molecule has 1 fully saturated rings. The molecule has 4 rings (SSSR count). The number of carbonyl (C=O) groups is 2. The largest absolute Gasteiger partial charge is 0.341 e. The summed E-state index contributed by atoms with van der Waals surface area (Å²) in [5.74, 6) is 0.720. The molecular weight excluding hydrogens is 342 g/mol. The van der Waals surface area contributed by atoms with E-state index in [2.05, 4.69) is 14.9 Å². The summed E-state index contributed by atoms with van der Waals surface area (Å²) in [6, 6.07) is 7.15. The lowest BCUT2D eigenvalue weighted by molar-refractivity contribution is -0.135. The number of carbonyl (C=O) groups excluding carboxylic acids is 2. The van der Waals surface area contributed by atoms with Crippen molar-refractivity contribution in [1.29, 1.82) is 0 Å². The minimum absolute atomic E-state index is 0.0322. The molecule has 0 radical (unpaired) electrons. The van der Waals surface area contributed by atoms with Crippen molar-refractivity contribution >= 4 is 28.9 Å². The first kappa shape index (κ1) is 17.8. The number of rotatable bonds is 3. The molecule has 7 heteroatoms. The highest BCUT2D eigenvalue weighted by molar-refractivity contribution is 5.96. The molecule has 144 valence electrons. The van der Waals surface area contributed by atoms with Gasteiger partial charge in [0.1, 0.15) is 6.04 Å². The Bertz CT molecular complexity index is 853. The molecule has 0 saturated carbocycles. The number of para-hydroxylation sites is 2. The fourth-order valence-electron chi connectivity index (χ4n) is 4.02. The molecule has 0 unspecified atom stereocenters. The van der Waals surface area contributed by atoms with Crippen LogP contribution in [0, 0.1) is 5.92 Å². The van der Waals surface area contributed by atoms with Crippen LogP contribution in [0.25, 0.3) is 11.0 Å². The van der Waals surface area contributed by atoms with E-state index < -0.39 is 6.04 Å². The van der Waals surface area contributed by atoms with Gasteiger partial charge in [-0.3, -0.25) is 9.69 Å². The number of nitrogens with zero attached hydrogens (tertiary/aromatic N) is 4. The van der Waals surface area contributed by atoms with Crippen molar-refractivity contribution in [2.45, 2.75) is 45.7 Å². The SMILES string of the molecule is CC(C)[C@H](NC(=O)N1CCn2c1nc1ccccc12)C(=O)N1CCCCC1. The van der Waals surface area contributed by atoms with Crippen LogP contribution < -0.4 is 10.2 Å². The number of nitrogens with one attached hydrogen (secondary N) is 1. The topological polar surface area (TPSA) is 70.5 Å². The zero-order chi connectivity index (χ0) is 19.0. The van der Waals surface area contributed by atoms with Crippen molar-refractivity contribution in [2.75, 3.05) is 24.5 Å². The number of anilines is 1. The van der Waals surface area contributed by atoms with Crippen molar-refractivity contribution in [3.63, 3.8) is 0 Å². The first-order chi connectivity index (χ1) is 13.1. The first-order valence-corrected chi connectivity index (χ1v) is 9.88. The molecule has 1 atom stereocenters. The average Bonchev–Trinajstić information content (AvgIpc) is 3.25. The normalized spacial score (nSPS) is 18.0. The van der Waals surface area contributed by atoms with Crippen molar-refractivity contribution in [3.05, 3.63) is 24.3 Å². The standard InChI is InChI=1S/C20H27N5O2/c1-14(2)17(18(26)23-10-6-3-7-11-23)22-20(27)25-13-12-24-16-9-5-4-8-15(16)21-19(24)25/h4-5,8-9,14,17H,3,6-7,10-13H2,1-2H3,(H,22,27)/t17-/m0/s1. The maximum atomic E-state index is 13.0. The lowest BCUT2D eigenvalue weighted by Crippen LogP contribution is -2.55. The van der Waals surface area contributed by atoms with Crippen LogP contribution in [-0.2, 0) is 11.3 Å². The summed E-state index contributed by atoms with van der Waals surface area (Å²) in [6.45, 7) is 6.82. The summed E-state index contributed by atoms with van der Waals surface area (Å²) in [5, 5.41) is 2.98. The van der Waals surface area contributed by atoms with Gasteiger partial charge < -0.3 is 14.8 Å². The first-order valence-electron chi connectivity index (χ1n) is 9.88. The van der Waals surface area contributed by atoms with Gasteiger partial charge in [0.25, 0.3) is 0 Å². The van der Waals surface area contributed by atoms with Gasteiger partial charge in [-0.1, -0.05) is 26.0 Å². The van der Waals surface area contributed by atoms with Gasteiger partial charge in [0, 0.05) is 26.2 Å². The molecule has 3 heterocycles. The molecular formula is C20H27N5O2. The van der Waals surface area contributed by atoms with Crippen molar-refractivity contribution in [2.24, 2.45) is 5.92 Å². The van der Waals surface area contributed by atoms with Crippen LogP contribution in [0.1, 0.15) is 33.1 Å². The highest BCUT2D eigenvalue weighted by Gasteiger charge is 2.34. The van der Waals surface area contributed by atoms with Crippen LogP contribution in [-0.4, -0.2) is 52.1 Å². The summed E-state index contributed by atoms with van der Waals surface area (Å²) in [7, 11) is 0. The second-order valence-electron chi connectivity index (χ2n) is 7.76. The van der Waals surface area contributed by atoms with E-state index in [0.29, 0.717) is 12.5 Å². The predicted molar refractivity (Wildman–Crippen MR) is 105 cm³/mol. The Morgan fingerprint density at radius 1 is 1.04 bits per heavy atom. The zero-order valence-corrected chi connectivity index (χ0v) is 16.0. The summed E-state index contributed by atoms with van der Waals surface area (Å²) in [5.41, 5.74) is 1.92. The van der Waals surface area contributed by atoms with Crippen molar-refractivity contribution in [1.82, 2.24) is 19.8 Å². The lowest BCUT2D eigenvalue weighted by Gasteiger charge is -2.32. The minimum Gasteiger partial charge on any atom is -0.341 e. The van der Waals surface area contributed by atoms with Crippen molar-refractivity contribution in [3.8, 4) is 0 Å². The van der Waals surface area contributed by atoms with Gasteiger partial charge in [0.15, 0.2) is 0 Å².